The van der Waals surface area contributed by atoms with Crippen LogP contribution in [0.2, 0.25) is 0 Å². The van der Waals surface area contributed by atoms with Crippen LogP contribution in [-0.4, -0.2) is 21.3 Å². The second kappa shape index (κ2) is 5.70. The molecule has 1 saturated carbocycles. The molecular weight excluding hydrogens is 252 g/mol. The number of hydrogen-bond acceptors (Lipinski definition) is 3. The van der Waals surface area contributed by atoms with E-state index in [9.17, 15) is 0 Å². The molecule has 1 fully saturated rings. The van der Waals surface area contributed by atoms with E-state index in [1.807, 2.05) is 12.1 Å². The Morgan fingerprint density at radius 1 is 1.11 bits per heavy atom. The van der Waals surface area contributed by atoms with Gasteiger partial charge in [0.15, 0.2) is 0 Å². The molecule has 0 radical (unpaired) electrons. The van der Waals surface area contributed by atoms with Crippen molar-refractivity contribution in [2.45, 2.75) is 24.6 Å². The van der Waals surface area contributed by atoms with E-state index < -0.39 is 0 Å². The van der Waals surface area contributed by atoms with Crippen LogP contribution in [0, 0.1) is 5.92 Å². The first-order chi connectivity index (χ1) is 8.69. The molecule has 1 unspecified atom stereocenters. The van der Waals surface area contributed by atoms with Crippen LogP contribution < -0.4 is 14.2 Å². The maximum atomic E-state index is 6.50. The molecule has 100 valence electrons. The van der Waals surface area contributed by atoms with Crippen molar-refractivity contribution in [3.05, 3.63) is 17.7 Å². The largest absolute Gasteiger partial charge is 0.496 e. The highest BCUT2D eigenvalue weighted by atomic mass is 35.5. The maximum Gasteiger partial charge on any atom is 0.130 e. The van der Waals surface area contributed by atoms with E-state index in [0.717, 1.165) is 29.4 Å². The van der Waals surface area contributed by atoms with Crippen molar-refractivity contribution >= 4 is 11.6 Å². The first kappa shape index (κ1) is 13.3. The van der Waals surface area contributed by atoms with E-state index in [1.165, 1.54) is 12.8 Å². The quantitative estimate of drug-likeness (QED) is 0.736. The van der Waals surface area contributed by atoms with Crippen LogP contribution in [0.15, 0.2) is 12.1 Å². The van der Waals surface area contributed by atoms with Gasteiger partial charge < -0.3 is 14.2 Å². The molecule has 0 aromatic heterocycles. The number of ether oxygens (including phenoxy) is 3. The summed E-state index contributed by atoms with van der Waals surface area (Å²) in [6.45, 7) is 0. The van der Waals surface area contributed by atoms with Crippen molar-refractivity contribution in [1.82, 2.24) is 0 Å². The van der Waals surface area contributed by atoms with Crippen LogP contribution >= 0.6 is 11.6 Å². The Morgan fingerprint density at radius 2 is 1.67 bits per heavy atom. The molecule has 0 aliphatic heterocycles. The van der Waals surface area contributed by atoms with Gasteiger partial charge in [0.2, 0.25) is 0 Å². The smallest absolute Gasteiger partial charge is 0.130 e. The zero-order valence-electron chi connectivity index (χ0n) is 11.0. The van der Waals surface area contributed by atoms with Crippen molar-refractivity contribution in [2.24, 2.45) is 5.92 Å². The molecule has 0 heterocycles. The molecule has 2 rings (SSSR count). The highest BCUT2D eigenvalue weighted by Crippen LogP contribution is 2.47. The van der Waals surface area contributed by atoms with Gasteiger partial charge in [-0.05, 0) is 12.3 Å². The molecule has 1 aromatic rings. The maximum absolute atomic E-state index is 6.50. The van der Waals surface area contributed by atoms with Gasteiger partial charge in [-0.2, -0.15) is 0 Å². The van der Waals surface area contributed by atoms with E-state index in [2.05, 4.69) is 0 Å². The number of methoxy groups -OCH3 is 3. The van der Waals surface area contributed by atoms with E-state index in [-0.39, 0.29) is 5.38 Å². The van der Waals surface area contributed by atoms with Gasteiger partial charge in [-0.3, -0.25) is 0 Å². The summed E-state index contributed by atoms with van der Waals surface area (Å²) in [5, 5.41) is -0.0756. The average Bonchev–Trinajstić information content (AvgIpc) is 3.20. The molecule has 1 aliphatic carbocycles. The van der Waals surface area contributed by atoms with Gasteiger partial charge >= 0.3 is 0 Å². The number of hydrogen-bond donors (Lipinski definition) is 0. The molecule has 0 amide bonds. The summed E-state index contributed by atoms with van der Waals surface area (Å²) in [5.74, 6) is 2.92. The Bertz CT molecular complexity index is 390. The molecule has 0 saturated heterocycles. The first-order valence-corrected chi connectivity index (χ1v) is 6.57. The van der Waals surface area contributed by atoms with Crippen LogP contribution in [0.5, 0.6) is 17.2 Å². The van der Waals surface area contributed by atoms with E-state index >= 15 is 0 Å². The summed E-state index contributed by atoms with van der Waals surface area (Å²) in [5.41, 5.74) is 0.925. The lowest BCUT2D eigenvalue weighted by molar-refractivity contribution is 0.367. The van der Waals surface area contributed by atoms with E-state index in [4.69, 9.17) is 25.8 Å². The van der Waals surface area contributed by atoms with Gasteiger partial charge in [-0.15, -0.1) is 11.6 Å². The molecule has 3 nitrogen and oxygen atoms in total. The van der Waals surface area contributed by atoms with Gasteiger partial charge in [0.25, 0.3) is 0 Å². The van der Waals surface area contributed by atoms with Crippen molar-refractivity contribution in [3.8, 4) is 17.2 Å². The van der Waals surface area contributed by atoms with Crippen molar-refractivity contribution in [1.29, 1.82) is 0 Å². The van der Waals surface area contributed by atoms with Crippen molar-refractivity contribution < 1.29 is 14.2 Å². The summed E-state index contributed by atoms with van der Waals surface area (Å²) in [4.78, 5) is 0. The van der Waals surface area contributed by atoms with Crippen LogP contribution in [0.3, 0.4) is 0 Å². The normalized spacial score (nSPS) is 16.2. The van der Waals surface area contributed by atoms with Gasteiger partial charge in [0.05, 0.1) is 32.3 Å². The molecule has 1 aromatic carbocycles. The van der Waals surface area contributed by atoms with Gasteiger partial charge in [-0.25, -0.2) is 0 Å². The third kappa shape index (κ3) is 2.83. The van der Waals surface area contributed by atoms with E-state index in [0.29, 0.717) is 5.75 Å². The lowest BCUT2D eigenvalue weighted by Gasteiger charge is -2.18. The minimum Gasteiger partial charge on any atom is -0.496 e. The fraction of sp³-hybridized carbons (Fsp3) is 0.571. The summed E-state index contributed by atoms with van der Waals surface area (Å²) in [6, 6.07) is 3.69. The van der Waals surface area contributed by atoms with Gasteiger partial charge in [0, 0.05) is 12.1 Å². The van der Waals surface area contributed by atoms with Crippen LogP contribution in [-0.2, 0) is 0 Å². The number of halogens is 1. The Balaban J connectivity index is 2.34. The summed E-state index contributed by atoms with van der Waals surface area (Å²) >= 11 is 6.50. The Kier molecular flexibility index (Phi) is 4.23. The van der Waals surface area contributed by atoms with Crippen LogP contribution in [0.4, 0.5) is 0 Å². The standard InChI is InChI=1S/C14H19ClO3/c1-16-10-7-12(17-2)14(13(8-10)18-3)11(15)6-9-4-5-9/h7-9,11H,4-6H2,1-3H3. The average molecular weight is 271 g/mol. The predicted molar refractivity (Wildman–Crippen MR) is 72.0 cm³/mol. The van der Waals surface area contributed by atoms with Gasteiger partial charge in [0.1, 0.15) is 17.2 Å². The highest BCUT2D eigenvalue weighted by Gasteiger charge is 2.29. The summed E-state index contributed by atoms with van der Waals surface area (Å²) in [6.07, 6.45) is 3.54. The Labute approximate surface area is 113 Å². The molecule has 0 N–H and O–H groups in total. The number of rotatable bonds is 6. The molecule has 18 heavy (non-hydrogen) atoms. The molecule has 0 bridgehead atoms. The lowest BCUT2D eigenvalue weighted by atomic mass is 10.0. The summed E-state index contributed by atoms with van der Waals surface area (Å²) < 4.78 is 16.0. The molecule has 4 heteroatoms. The zero-order valence-corrected chi connectivity index (χ0v) is 11.8. The number of benzene rings is 1. The topological polar surface area (TPSA) is 27.7 Å². The summed E-state index contributed by atoms with van der Waals surface area (Å²) in [7, 11) is 4.90. The fourth-order valence-electron chi connectivity index (χ4n) is 2.11. The van der Waals surface area contributed by atoms with Crippen molar-refractivity contribution in [3.63, 3.8) is 0 Å². The molecule has 0 spiro atoms. The molecular formula is C14H19ClO3. The Morgan fingerprint density at radius 3 is 2.06 bits per heavy atom. The third-order valence-corrected chi connectivity index (χ3v) is 3.70. The highest BCUT2D eigenvalue weighted by molar-refractivity contribution is 6.21. The fourth-order valence-corrected chi connectivity index (χ4v) is 2.57. The molecule has 1 atom stereocenters. The number of alkyl halides is 1. The second-order valence-electron chi connectivity index (χ2n) is 4.59. The minimum atomic E-state index is -0.0756. The van der Waals surface area contributed by atoms with Crippen LogP contribution in [0.25, 0.3) is 0 Å². The minimum absolute atomic E-state index is 0.0756. The van der Waals surface area contributed by atoms with E-state index in [1.54, 1.807) is 21.3 Å². The Hall–Kier alpha value is -1.09. The lowest BCUT2D eigenvalue weighted by Crippen LogP contribution is -2.01. The first-order valence-electron chi connectivity index (χ1n) is 6.13. The SMILES string of the molecule is COc1cc(OC)c(C(Cl)CC2CC2)c(OC)c1. The van der Waals surface area contributed by atoms with Crippen molar-refractivity contribution in [2.75, 3.05) is 21.3 Å². The third-order valence-electron chi connectivity index (χ3n) is 3.30. The zero-order chi connectivity index (χ0) is 13.1. The second-order valence-corrected chi connectivity index (χ2v) is 5.12. The van der Waals surface area contributed by atoms with Gasteiger partial charge in [-0.1, -0.05) is 12.8 Å². The monoisotopic (exact) mass is 270 g/mol. The predicted octanol–water partition coefficient (Wildman–Crippen LogP) is 3.79. The molecule has 1 aliphatic rings. The van der Waals surface area contributed by atoms with Crippen LogP contribution in [0.1, 0.15) is 30.2 Å².